The Morgan fingerprint density at radius 3 is 2.32 bits per heavy atom. The monoisotopic (exact) mass is 375 g/mol. The Morgan fingerprint density at radius 2 is 1.64 bits per heavy atom. The van der Waals surface area contributed by atoms with E-state index in [0.29, 0.717) is 30.7 Å². The van der Waals surface area contributed by atoms with Gasteiger partial charge in [0.05, 0.1) is 23.7 Å². The molecule has 2 aromatic carbocycles. The number of ether oxygens (including phenoxy) is 1. The van der Waals surface area contributed by atoms with Crippen molar-refractivity contribution in [1.82, 2.24) is 14.3 Å². The molecule has 0 fully saturated rings. The van der Waals surface area contributed by atoms with Crippen molar-refractivity contribution >= 4 is 10.9 Å². The predicted octanol–water partition coefficient (Wildman–Crippen LogP) is 2.91. The summed E-state index contributed by atoms with van der Waals surface area (Å²) in [4.78, 5) is 12.8. The third kappa shape index (κ3) is 3.74. The van der Waals surface area contributed by atoms with Gasteiger partial charge in [0.25, 0.3) is 5.56 Å². The first kappa shape index (κ1) is 18.2. The highest BCUT2D eigenvalue weighted by atomic mass is 16.5. The summed E-state index contributed by atoms with van der Waals surface area (Å²) >= 11 is 0. The van der Waals surface area contributed by atoms with E-state index in [-0.39, 0.29) is 5.56 Å². The van der Waals surface area contributed by atoms with E-state index in [1.807, 2.05) is 71.4 Å². The molecule has 6 heteroatoms. The minimum absolute atomic E-state index is 0.298. The zero-order valence-electron chi connectivity index (χ0n) is 15.4. The summed E-state index contributed by atoms with van der Waals surface area (Å²) in [6.07, 6.45) is 4.16. The number of aliphatic hydroxyl groups is 1. The van der Waals surface area contributed by atoms with Crippen LogP contribution in [-0.2, 0) is 31.2 Å². The van der Waals surface area contributed by atoms with Crippen LogP contribution in [0.1, 0.15) is 16.7 Å². The lowest BCUT2D eigenvalue weighted by atomic mass is 10.1. The average Bonchev–Trinajstić information content (AvgIpc) is 3.08. The summed E-state index contributed by atoms with van der Waals surface area (Å²) in [5.41, 5.74) is 3.49. The third-order valence-electron chi connectivity index (χ3n) is 4.68. The second-order valence-electron chi connectivity index (χ2n) is 6.60. The SMILES string of the molecule is O=c1c2c(Cc3ccccc3)cn(COCc3ccccc3)c2cnn1CO. The molecule has 28 heavy (non-hydrogen) atoms. The normalized spacial score (nSPS) is 11.2. The number of benzene rings is 2. The third-order valence-corrected chi connectivity index (χ3v) is 4.68. The van der Waals surface area contributed by atoms with Crippen LogP contribution in [0.25, 0.3) is 10.9 Å². The Hall–Kier alpha value is -3.22. The van der Waals surface area contributed by atoms with Crippen molar-refractivity contribution in [2.45, 2.75) is 26.5 Å². The first-order valence-electron chi connectivity index (χ1n) is 9.10. The van der Waals surface area contributed by atoms with Crippen molar-refractivity contribution in [2.24, 2.45) is 0 Å². The lowest BCUT2D eigenvalue weighted by Gasteiger charge is -2.07. The fourth-order valence-electron chi connectivity index (χ4n) is 3.32. The van der Waals surface area contributed by atoms with Crippen LogP contribution in [0.2, 0.25) is 0 Å². The highest BCUT2D eigenvalue weighted by molar-refractivity contribution is 5.82. The zero-order chi connectivity index (χ0) is 19.3. The first-order valence-corrected chi connectivity index (χ1v) is 9.10. The minimum atomic E-state index is -0.449. The smallest absolute Gasteiger partial charge is 0.278 e. The summed E-state index contributed by atoms with van der Waals surface area (Å²) in [6.45, 7) is 0.343. The molecule has 0 aliphatic heterocycles. The Kier molecular flexibility index (Phi) is 5.32. The molecule has 0 aliphatic carbocycles. The van der Waals surface area contributed by atoms with Crippen molar-refractivity contribution in [3.8, 4) is 0 Å². The number of rotatable bonds is 7. The fraction of sp³-hybridized carbons (Fsp3) is 0.182. The van der Waals surface area contributed by atoms with Gasteiger partial charge in [-0.1, -0.05) is 60.7 Å². The number of nitrogens with zero attached hydrogens (tertiary/aromatic N) is 3. The van der Waals surface area contributed by atoms with Crippen LogP contribution in [0, 0.1) is 0 Å². The van der Waals surface area contributed by atoms with Crippen LogP contribution in [0.15, 0.2) is 77.9 Å². The Balaban J connectivity index is 1.66. The van der Waals surface area contributed by atoms with Crippen molar-refractivity contribution < 1.29 is 9.84 Å². The van der Waals surface area contributed by atoms with Gasteiger partial charge in [-0.15, -0.1) is 0 Å². The van der Waals surface area contributed by atoms with Gasteiger partial charge in [-0.05, 0) is 23.1 Å². The Labute approximate surface area is 162 Å². The number of hydrogen-bond acceptors (Lipinski definition) is 4. The van der Waals surface area contributed by atoms with Crippen LogP contribution in [0.4, 0.5) is 0 Å². The van der Waals surface area contributed by atoms with Crippen LogP contribution in [0.5, 0.6) is 0 Å². The molecule has 0 unspecified atom stereocenters. The van der Waals surface area contributed by atoms with Gasteiger partial charge in [0.1, 0.15) is 13.5 Å². The van der Waals surface area contributed by atoms with Gasteiger partial charge in [-0.3, -0.25) is 4.79 Å². The fourth-order valence-corrected chi connectivity index (χ4v) is 3.32. The molecule has 0 amide bonds. The average molecular weight is 375 g/mol. The van der Waals surface area contributed by atoms with E-state index in [2.05, 4.69) is 5.10 Å². The molecule has 2 aromatic heterocycles. The summed E-state index contributed by atoms with van der Waals surface area (Å²) in [7, 11) is 0. The summed E-state index contributed by atoms with van der Waals surface area (Å²) < 4.78 is 8.81. The van der Waals surface area contributed by atoms with E-state index in [1.165, 1.54) is 0 Å². The highest BCUT2D eigenvalue weighted by Gasteiger charge is 2.15. The van der Waals surface area contributed by atoms with Gasteiger partial charge in [0.2, 0.25) is 0 Å². The van der Waals surface area contributed by atoms with Crippen LogP contribution < -0.4 is 5.56 Å². The summed E-state index contributed by atoms with van der Waals surface area (Å²) in [6, 6.07) is 19.9. The van der Waals surface area contributed by atoms with E-state index in [4.69, 9.17) is 4.74 Å². The van der Waals surface area contributed by atoms with Crippen LogP contribution in [-0.4, -0.2) is 19.5 Å². The molecule has 142 valence electrons. The second kappa shape index (κ2) is 8.21. The largest absolute Gasteiger partial charge is 0.374 e. The molecule has 0 spiro atoms. The van der Waals surface area contributed by atoms with Crippen molar-refractivity contribution in [3.63, 3.8) is 0 Å². The number of hydrogen-bond donors (Lipinski definition) is 1. The van der Waals surface area contributed by atoms with Gasteiger partial charge in [0.15, 0.2) is 0 Å². The molecule has 0 radical (unpaired) electrons. The lowest BCUT2D eigenvalue weighted by Crippen LogP contribution is -2.23. The molecule has 6 nitrogen and oxygen atoms in total. The molecule has 0 bridgehead atoms. The summed E-state index contributed by atoms with van der Waals surface area (Å²) in [5.74, 6) is 0. The van der Waals surface area contributed by atoms with Crippen LogP contribution >= 0.6 is 0 Å². The van der Waals surface area contributed by atoms with Gasteiger partial charge in [-0.25, -0.2) is 4.68 Å². The van der Waals surface area contributed by atoms with Gasteiger partial charge in [0, 0.05) is 6.20 Å². The summed E-state index contributed by atoms with van der Waals surface area (Å²) in [5, 5.41) is 14.0. The number of aromatic nitrogens is 3. The molecule has 4 aromatic rings. The highest BCUT2D eigenvalue weighted by Crippen LogP contribution is 2.21. The standard InChI is InChI=1S/C22H21N3O3/c26-15-25-22(27)21-19(11-17-7-3-1-4-8-17)13-24(20(21)12-23-25)16-28-14-18-9-5-2-6-10-18/h1-10,12-13,26H,11,14-16H2. The minimum Gasteiger partial charge on any atom is -0.374 e. The number of aliphatic hydroxyl groups excluding tert-OH is 1. The molecular formula is C22H21N3O3. The van der Waals surface area contributed by atoms with Gasteiger partial charge < -0.3 is 14.4 Å². The van der Waals surface area contributed by atoms with Crippen molar-refractivity contribution in [1.29, 1.82) is 0 Å². The molecule has 0 atom stereocenters. The topological polar surface area (TPSA) is 69.3 Å². The zero-order valence-corrected chi connectivity index (χ0v) is 15.4. The van der Waals surface area contributed by atoms with E-state index in [9.17, 15) is 9.90 Å². The van der Waals surface area contributed by atoms with E-state index < -0.39 is 6.73 Å². The predicted molar refractivity (Wildman–Crippen MR) is 107 cm³/mol. The first-order chi connectivity index (χ1) is 13.8. The lowest BCUT2D eigenvalue weighted by molar-refractivity contribution is 0.0666. The molecule has 0 saturated carbocycles. The maximum absolute atomic E-state index is 12.8. The molecular weight excluding hydrogens is 354 g/mol. The molecule has 0 saturated heterocycles. The van der Waals surface area contributed by atoms with E-state index in [1.54, 1.807) is 6.20 Å². The molecule has 1 N–H and O–H groups in total. The molecule has 4 rings (SSSR count). The van der Waals surface area contributed by atoms with Crippen molar-refractivity contribution in [2.75, 3.05) is 0 Å². The van der Waals surface area contributed by atoms with E-state index in [0.717, 1.165) is 21.4 Å². The molecule has 2 heterocycles. The van der Waals surface area contributed by atoms with Crippen LogP contribution in [0.3, 0.4) is 0 Å². The second-order valence-corrected chi connectivity index (χ2v) is 6.60. The van der Waals surface area contributed by atoms with Crippen molar-refractivity contribution in [3.05, 3.63) is 100 Å². The quantitative estimate of drug-likeness (QED) is 0.539. The number of fused-ring (bicyclic) bond motifs is 1. The van der Waals surface area contributed by atoms with Gasteiger partial charge >= 0.3 is 0 Å². The maximum Gasteiger partial charge on any atom is 0.278 e. The maximum atomic E-state index is 12.8. The Morgan fingerprint density at radius 1 is 0.964 bits per heavy atom. The van der Waals surface area contributed by atoms with E-state index >= 15 is 0 Å². The van der Waals surface area contributed by atoms with Gasteiger partial charge in [-0.2, -0.15) is 5.10 Å². The Bertz CT molecular complexity index is 1120. The molecule has 0 aliphatic rings.